The van der Waals surface area contributed by atoms with Crippen LogP contribution in [0.25, 0.3) is 0 Å². The highest BCUT2D eigenvalue weighted by atomic mass is 31.2. The van der Waals surface area contributed by atoms with Gasteiger partial charge in [-0.25, -0.2) is 4.57 Å². The molecule has 0 saturated carbocycles. The highest BCUT2D eigenvalue weighted by molar-refractivity contribution is 7.47. The lowest BCUT2D eigenvalue weighted by Crippen LogP contribution is -2.43. The van der Waals surface area contributed by atoms with Gasteiger partial charge in [-0.1, -0.05) is 0 Å². The summed E-state index contributed by atoms with van der Waals surface area (Å²) in [7, 11) is -4.32. The zero-order chi connectivity index (χ0) is 21.1. The van der Waals surface area contributed by atoms with Gasteiger partial charge in [0.1, 0.15) is 24.4 Å². The largest absolute Gasteiger partial charge is 0.472 e. The fraction of sp³-hybridized carbons (Fsp3) is 1.00. The van der Waals surface area contributed by atoms with Crippen LogP contribution < -0.4 is 5.73 Å². The van der Waals surface area contributed by atoms with Crippen molar-refractivity contribution >= 4 is 7.82 Å². The number of ether oxygens (including phenoxy) is 4. The van der Waals surface area contributed by atoms with Crippen LogP contribution in [0.15, 0.2) is 0 Å². The maximum atomic E-state index is 12.5. The fourth-order valence-electron chi connectivity index (χ4n) is 3.42. The van der Waals surface area contributed by atoms with Gasteiger partial charge in [0.15, 0.2) is 0 Å². The summed E-state index contributed by atoms with van der Waals surface area (Å²) >= 11 is 0. The number of phosphoric acid groups is 1. The Morgan fingerprint density at radius 2 is 1.79 bits per heavy atom. The van der Waals surface area contributed by atoms with Crippen molar-refractivity contribution in [1.29, 1.82) is 0 Å². The molecule has 2 saturated heterocycles. The molecule has 8 atom stereocenters. The molecular weight excluding hydrogens is 389 g/mol. The van der Waals surface area contributed by atoms with Gasteiger partial charge in [-0.05, 0) is 41.5 Å². The molecule has 0 aliphatic carbocycles. The Labute approximate surface area is 167 Å². The lowest BCUT2D eigenvalue weighted by molar-refractivity contribution is -0.0708. The summed E-state index contributed by atoms with van der Waals surface area (Å²) in [6.07, 6.45) is -1.84. The molecule has 2 aliphatic rings. The Balaban J connectivity index is 1.90. The van der Waals surface area contributed by atoms with Crippen LogP contribution in [0, 0.1) is 0 Å². The first kappa shape index (κ1) is 24.2. The minimum atomic E-state index is -4.32. The predicted molar refractivity (Wildman–Crippen MR) is 103 cm³/mol. The van der Waals surface area contributed by atoms with Gasteiger partial charge >= 0.3 is 7.82 Å². The maximum Gasteiger partial charge on any atom is 0.472 e. The van der Waals surface area contributed by atoms with Crippen molar-refractivity contribution in [2.24, 2.45) is 5.73 Å². The average molecular weight is 425 g/mol. The van der Waals surface area contributed by atoms with Gasteiger partial charge < -0.3 is 29.6 Å². The maximum absolute atomic E-state index is 12.5. The van der Waals surface area contributed by atoms with E-state index in [1.165, 1.54) is 0 Å². The van der Waals surface area contributed by atoms with Crippen LogP contribution in [0.2, 0.25) is 0 Å². The van der Waals surface area contributed by atoms with E-state index in [2.05, 4.69) is 0 Å². The first-order chi connectivity index (χ1) is 13.0. The number of hydrogen-bond donors (Lipinski definition) is 2. The number of nitrogens with two attached hydrogens (primary N) is 1. The molecule has 2 aliphatic heterocycles. The first-order valence-electron chi connectivity index (χ1n) is 9.97. The molecule has 166 valence electrons. The summed E-state index contributed by atoms with van der Waals surface area (Å²) in [5.74, 6) is 0. The van der Waals surface area contributed by atoms with Crippen molar-refractivity contribution in [3.63, 3.8) is 0 Å². The molecular formula is C18H36NO8P. The molecule has 0 bridgehead atoms. The van der Waals surface area contributed by atoms with Gasteiger partial charge in [0.05, 0.1) is 43.7 Å². The monoisotopic (exact) mass is 425 g/mol. The van der Waals surface area contributed by atoms with E-state index >= 15 is 0 Å². The molecule has 0 amide bonds. The van der Waals surface area contributed by atoms with Gasteiger partial charge in [0, 0.05) is 6.42 Å². The van der Waals surface area contributed by atoms with Crippen molar-refractivity contribution in [2.45, 2.75) is 103 Å². The molecule has 0 radical (unpaired) electrons. The van der Waals surface area contributed by atoms with Crippen molar-refractivity contribution in [1.82, 2.24) is 0 Å². The summed E-state index contributed by atoms with van der Waals surface area (Å²) < 4.78 is 46.0. The van der Waals surface area contributed by atoms with Gasteiger partial charge in [-0.2, -0.15) is 0 Å². The van der Waals surface area contributed by atoms with Crippen LogP contribution in [0.5, 0.6) is 0 Å². The predicted octanol–water partition coefficient (Wildman–Crippen LogP) is 2.00. The Morgan fingerprint density at radius 1 is 1.11 bits per heavy atom. The fourth-order valence-corrected chi connectivity index (χ4v) is 4.38. The summed E-state index contributed by atoms with van der Waals surface area (Å²) in [6, 6.07) is -0.336. The number of hydrogen-bond acceptors (Lipinski definition) is 8. The van der Waals surface area contributed by atoms with E-state index in [0.717, 1.165) is 0 Å². The van der Waals surface area contributed by atoms with E-state index in [9.17, 15) is 9.46 Å². The van der Waals surface area contributed by atoms with Gasteiger partial charge in [0.25, 0.3) is 0 Å². The van der Waals surface area contributed by atoms with Crippen LogP contribution in [-0.2, 0) is 32.6 Å². The van der Waals surface area contributed by atoms with Crippen LogP contribution in [0.1, 0.15) is 48.0 Å². The second-order valence-corrected chi connectivity index (χ2v) is 9.52. The normalized spacial score (nSPS) is 38.4. The SMILES string of the molecule is CC(C)OC[C@H]1O[C@@H](C)C[C@H]1OP(=O)(O)OC[C@H]1O[C@@H](C)C(N)[C@H]1OC(C)C. The quantitative estimate of drug-likeness (QED) is 0.507. The molecule has 0 aromatic carbocycles. The molecule has 3 N–H and O–H groups in total. The molecule has 0 aromatic rings. The Hall–Kier alpha value is -0.0900. The van der Waals surface area contributed by atoms with E-state index in [1.807, 2.05) is 41.5 Å². The number of rotatable bonds is 10. The van der Waals surface area contributed by atoms with E-state index in [4.69, 9.17) is 33.7 Å². The number of phosphoric ester groups is 1. The zero-order valence-corrected chi connectivity index (χ0v) is 18.5. The third-order valence-electron chi connectivity index (χ3n) is 4.76. The Bertz CT molecular complexity index is 534. The second-order valence-electron chi connectivity index (χ2n) is 8.12. The van der Waals surface area contributed by atoms with Gasteiger partial charge in [-0.15, -0.1) is 0 Å². The molecule has 2 unspecified atom stereocenters. The standard InChI is InChI=1S/C18H36NO8P/c1-10(2)22-8-15-14(7-12(5)25-15)27-28(20,21)23-9-16-18(24-11(3)4)17(19)13(6)26-16/h10-18H,7-9,19H2,1-6H3,(H,20,21)/t12-,13-,14+,15+,16+,17?,18-/m0/s1. The van der Waals surface area contributed by atoms with Crippen molar-refractivity contribution in [2.75, 3.05) is 13.2 Å². The van der Waals surface area contributed by atoms with E-state index in [-0.39, 0.29) is 43.7 Å². The van der Waals surface area contributed by atoms with Gasteiger partial charge in [0.2, 0.25) is 0 Å². The van der Waals surface area contributed by atoms with Gasteiger partial charge in [-0.3, -0.25) is 9.05 Å². The van der Waals surface area contributed by atoms with Crippen molar-refractivity contribution in [3.05, 3.63) is 0 Å². The highest BCUT2D eigenvalue weighted by Crippen LogP contribution is 2.48. The minimum absolute atomic E-state index is 0.0286. The topological polar surface area (TPSA) is 119 Å². The second kappa shape index (κ2) is 10.3. The Morgan fingerprint density at radius 3 is 2.39 bits per heavy atom. The molecule has 2 rings (SSSR count). The lowest BCUT2D eigenvalue weighted by atomic mass is 10.1. The first-order valence-corrected chi connectivity index (χ1v) is 11.5. The molecule has 28 heavy (non-hydrogen) atoms. The smallest absolute Gasteiger partial charge is 0.376 e. The molecule has 9 nitrogen and oxygen atoms in total. The van der Waals surface area contributed by atoms with Crippen LogP contribution in [0.4, 0.5) is 0 Å². The third kappa shape index (κ3) is 7.00. The lowest BCUT2D eigenvalue weighted by Gasteiger charge is -2.25. The zero-order valence-electron chi connectivity index (χ0n) is 17.6. The summed E-state index contributed by atoms with van der Waals surface area (Å²) in [5.41, 5.74) is 6.12. The Kier molecular flexibility index (Phi) is 8.88. The van der Waals surface area contributed by atoms with Crippen LogP contribution in [0.3, 0.4) is 0 Å². The van der Waals surface area contributed by atoms with Crippen LogP contribution in [-0.4, -0.2) is 73.0 Å². The highest BCUT2D eigenvalue weighted by Gasteiger charge is 2.44. The summed E-state index contributed by atoms with van der Waals surface area (Å²) in [4.78, 5) is 10.2. The van der Waals surface area contributed by atoms with Crippen molar-refractivity contribution < 1.29 is 37.5 Å². The summed E-state index contributed by atoms with van der Waals surface area (Å²) in [5, 5.41) is 0. The molecule has 10 heteroatoms. The third-order valence-corrected chi connectivity index (χ3v) is 5.77. The average Bonchev–Trinajstić information content (AvgIpc) is 3.04. The minimum Gasteiger partial charge on any atom is -0.376 e. The molecule has 0 spiro atoms. The van der Waals surface area contributed by atoms with E-state index in [0.29, 0.717) is 6.42 Å². The van der Waals surface area contributed by atoms with Crippen LogP contribution >= 0.6 is 7.82 Å². The van der Waals surface area contributed by atoms with E-state index < -0.39 is 32.2 Å². The molecule has 0 aromatic heterocycles. The molecule has 2 heterocycles. The summed E-state index contributed by atoms with van der Waals surface area (Å²) in [6.45, 7) is 11.5. The van der Waals surface area contributed by atoms with Crippen molar-refractivity contribution in [3.8, 4) is 0 Å². The molecule has 2 fully saturated rings. The van der Waals surface area contributed by atoms with E-state index in [1.54, 1.807) is 0 Å².